The first-order valence-corrected chi connectivity index (χ1v) is 12.2. The zero-order valence-corrected chi connectivity index (χ0v) is 17.9. The first-order valence-electron chi connectivity index (χ1n) is 10.7. The van der Waals surface area contributed by atoms with Gasteiger partial charge in [0.1, 0.15) is 0 Å². The van der Waals surface area contributed by atoms with Gasteiger partial charge in [-0.3, -0.25) is 4.68 Å². The number of amides is 2. The molecule has 4 N–H and O–H groups in total. The molecular formula is C20H25BN4O5S. The van der Waals surface area contributed by atoms with Gasteiger partial charge in [0, 0.05) is 18.4 Å². The van der Waals surface area contributed by atoms with Crippen molar-refractivity contribution in [2.45, 2.75) is 62.3 Å². The molecule has 3 aliphatic rings. The second kappa shape index (κ2) is 7.65. The fourth-order valence-electron chi connectivity index (χ4n) is 4.95. The quantitative estimate of drug-likeness (QED) is 0.496. The van der Waals surface area contributed by atoms with E-state index in [4.69, 9.17) is 0 Å². The molecule has 3 aliphatic carbocycles. The number of fused-ring (bicyclic) bond motifs is 2. The van der Waals surface area contributed by atoms with Crippen molar-refractivity contribution in [1.29, 1.82) is 0 Å². The molecule has 1 aromatic heterocycles. The number of hydrogen-bond acceptors (Lipinski definition) is 6. The summed E-state index contributed by atoms with van der Waals surface area (Å²) < 4.78 is 28.9. The molecule has 0 spiro atoms. The highest BCUT2D eigenvalue weighted by Crippen LogP contribution is 2.46. The molecule has 0 saturated heterocycles. The maximum absolute atomic E-state index is 12.7. The third-order valence-corrected chi connectivity index (χ3v) is 7.83. The number of aryl methyl sites for hydroxylation is 2. The summed E-state index contributed by atoms with van der Waals surface area (Å²) >= 11 is 0. The number of nitrogens with one attached hydrogen (secondary N) is 2. The number of carbonyl (C=O) groups is 1. The van der Waals surface area contributed by atoms with Gasteiger partial charge < -0.3 is 15.4 Å². The molecule has 0 bridgehead atoms. The van der Waals surface area contributed by atoms with Crippen molar-refractivity contribution in [1.82, 2.24) is 14.5 Å². The number of benzene rings is 1. The molecule has 1 heterocycles. The second-order valence-corrected chi connectivity index (χ2v) is 10.4. The van der Waals surface area contributed by atoms with Crippen molar-refractivity contribution < 1.29 is 23.3 Å². The van der Waals surface area contributed by atoms with E-state index in [1.165, 1.54) is 28.1 Å². The van der Waals surface area contributed by atoms with Gasteiger partial charge in [0.05, 0.1) is 0 Å². The van der Waals surface area contributed by atoms with Gasteiger partial charge >= 0.3 is 13.1 Å². The standard InChI is InChI=1S/C20H25BN4O5S/c26-20(22-19-15-5-1-3-12(15)9-13-4-2-6-16(13)19)24-31(29,30)18-7-8-25(23-18)11-14-10-17(14)21(27)28/h7-9,14,17,27-28H,1-6,10-11H2,(H2,22,24,26). The Morgan fingerprint density at radius 2 is 1.84 bits per heavy atom. The molecule has 2 aromatic rings. The summed E-state index contributed by atoms with van der Waals surface area (Å²) in [5.41, 5.74) is 5.54. The van der Waals surface area contributed by atoms with E-state index in [1.807, 2.05) is 0 Å². The van der Waals surface area contributed by atoms with Crippen LogP contribution >= 0.6 is 0 Å². The highest BCUT2D eigenvalue weighted by Gasteiger charge is 2.45. The van der Waals surface area contributed by atoms with Crippen LogP contribution in [0.3, 0.4) is 0 Å². The number of rotatable bonds is 6. The van der Waals surface area contributed by atoms with Crippen LogP contribution in [0.1, 0.15) is 41.5 Å². The Bertz CT molecular complexity index is 1110. The zero-order chi connectivity index (χ0) is 21.8. The van der Waals surface area contributed by atoms with Crippen molar-refractivity contribution in [2.24, 2.45) is 5.92 Å². The van der Waals surface area contributed by atoms with Crippen LogP contribution in [0, 0.1) is 5.92 Å². The molecule has 1 saturated carbocycles. The number of aromatic nitrogens is 2. The lowest BCUT2D eigenvalue weighted by Gasteiger charge is -2.16. The average Bonchev–Trinajstić information content (AvgIpc) is 3.11. The summed E-state index contributed by atoms with van der Waals surface area (Å²) in [4.78, 5) is 12.6. The van der Waals surface area contributed by atoms with Crippen molar-refractivity contribution >= 4 is 28.9 Å². The largest absolute Gasteiger partial charge is 0.455 e. The molecule has 2 amide bonds. The summed E-state index contributed by atoms with van der Waals surface area (Å²) in [7, 11) is -5.49. The average molecular weight is 444 g/mol. The SMILES string of the molecule is O=C(Nc1c2c(cc3c1CCC3)CCC2)NS(=O)(=O)c1ccn(CC2CC2B(O)O)n1. The Kier molecular flexibility index (Phi) is 5.06. The number of carbonyl (C=O) groups excluding carboxylic acids is 1. The van der Waals surface area contributed by atoms with Crippen LogP contribution in [0.4, 0.5) is 10.5 Å². The van der Waals surface area contributed by atoms with E-state index < -0.39 is 23.2 Å². The molecule has 11 heteroatoms. The van der Waals surface area contributed by atoms with E-state index in [-0.39, 0.29) is 16.8 Å². The Balaban J connectivity index is 1.28. The van der Waals surface area contributed by atoms with Gasteiger partial charge in [0.25, 0.3) is 10.0 Å². The topological polar surface area (TPSA) is 134 Å². The summed E-state index contributed by atoms with van der Waals surface area (Å²) in [5.74, 6) is -0.156. The third-order valence-electron chi connectivity index (χ3n) is 6.61. The lowest BCUT2D eigenvalue weighted by Crippen LogP contribution is -2.35. The smallest absolute Gasteiger partial charge is 0.427 e. The van der Waals surface area contributed by atoms with E-state index in [0.717, 1.165) is 55.3 Å². The molecule has 5 rings (SSSR count). The van der Waals surface area contributed by atoms with E-state index in [9.17, 15) is 23.3 Å². The van der Waals surface area contributed by atoms with Gasteiger partial charge in [0.15, 0.2) is 5.03 Å². The predicted molar refractivity (Wildman–Crippen MR) is 114 cm³/mol. The van der Waals surface area contributed by atoms with Gasteiger partial charge in [-0.15, -0.1) is 0 Å². The minimum Gasteiger partial charge on any atom is -0.427 e. The van der Waals surface area contributed by atoms with Gasteiger partial charge in [0.2, 0.25) is 0 Å². The maximum Gasteiger partial charge on any atom is 0.455 e. The van der Waals surface area contributed by atoms with Crippen LogP contribution < -0.4 is 10.0 Å². The summed E-state index contributed by atoms with van der Waals surface area (Å²) in [5, 5.41) is 25.0. The molecule has 2 unspecified atom stereocenters. The van der Waals surface area contributed by atoms with Gasteiger partial charge in [-0.05, 0) is 85.0 Å². The number of sulfonamides is 1. The Morgan fingerprint density at radius 3 is 2.45 bits per heavy atom. The van der Waals surface area contributed by atoms with E-state index in [2.05, 4.69) is 21.2 Å². The second-order valence-electron chi connectivity index (χ2n) is 8.74. The third kappa shape index (κ3) is 3.97. The highest BCUT2D eigenvalue weighted by molar-refractivity contribution is 7.90. The Morgan fingerprint density at radius 1 is 1.16 bits per heavy atom. The maximum atomic E-state index is 12.7. The summed E-state index contributed by atoms with van der Waals surface area (Å²) in [6.07, 6.45) is 8.02. The van der Waals surface area contributed by atoms with E-state index in [0.29, 0.717) is 13.0 Å². The van der Waals surface area contributed by atoms with E-state index >= 15 is 0 Å². The zero-order valence-electron chi connectivity index (χ0n) is 17.0. The molecule has 164 valence electrons. The van der Waals surface area contributed by atoms with Crippen LogP contribution in [0.5, 0.6) is 0 Å². The van der Waals surface area contributed by atoms with Crippen molar-refractivity contribution in [3.63, 3.8) is 0 Å². The molecule has 2 atom stereocenters. The number of anilines is 1. The van der Waals surface area contributed by atoms with Crippen molar-refractivity contribution in [3.05, 3.63) is 40.6 Å². The van der Waals surface area contributed by atoms with Crippen LogP contribution in [0.2, 0.25) is 5.82 Å². The van der Waals surface area contributed by atoms with E-state index in [1.54, 1.807) is 0 Å². The number of hydrogen-bond donors (Lipinski definition) is 4. The molecule has 0 aliphatic heterocycles. The Labute approximate surface area is 181 Å². The van der Waals surface area contributed by atoms with Crippen LogP contribution in [0.25, 0.3) is 0 Å². The predicted octanol–water partition coefficient (Wildman–Crippen LogP) is 1.23. The van der Waals surface area contributed by atoms with Gasteiger partial charge in [-0.2, -0.15) is 13.5 Å². The molecule has 1 aromatic carbocycles. The monoisotopic (exact) mass is 444 g/mol. The minimum atomic E-state index is -4.12. The first-order chi connectivity index (χ1) is 14.8. The van der Waals surface area contributed by atoms with Gasteiger partial charge in [-0.1, -0.05) is 6.07 Å². The van der Waals surface area contributed by atoms with Crippen molar-refractivity contribution in [2.75, 3.05) is 5.32 Å². The molecule has 31 heavy (non-hydrogen) atoms. The van der Waals surface area contributed by atoms with Crippen LogP contribution in [-0.2, 0) is 42.3 Å². The van der Waals surface area contributed by atoms with Crippen LogP contribution in [0.15, 0.2) is 23.4 Å². The summed E-state index contributed by atoms with van der Waals surface area (Å²) in [6.45, 7) is 0.395. The number of urea groups is 1. The fraction of sp³-hybridized carbons (Fsp3) is 0.500. The summed E-state index contributed by atoms with van der Waals surface area (Å²) in [6, 6.07) is 2.80. The molecular weight excluding hydrogens is 419 g/mol. The van der Waals surface area contributed by atoms with Crippen LogP contribution in [-0.4, -0.2) is 41.4 Å². The lowest BCUT2D eigenvalue weighted by molar-refractivity contribution is 0.256. The highest BCUT2D eigenvalue weighted by atomic mass is 32.2. The lowest BCUT2D eigenvalue weighted by atomic mass is 9.82. The van der Waals surface area contributed by atoms with Gasteiger partial charge in [-0.25, -0.2) is 9.52 Å². The van der Waals surface area contributed by atoms with Crippen molar-refractivity contribution in [3.8, 4) is 0 Å². The number of nitrogens with zero attached hydrogens (tertiary/aromatic N) is 2. The fourth-order valence-corrected chi connectivity index (χ4v) is 5.81. The first kappa shape index (κ1) is 20.5. The normalized spacial score (nSPS) is 21.5. The molecule has 1 fully saturated rings. The molecule has 9 nitrogen and oxygen atoms in total. The Hall–Kier alpha value is -2.37. The minimum absolute atomic E-state index is 0.0500. The molecule has 0 radical (unpaired) electrons.